The summed E-state index contributed by atoms with van der Waals surface area (Å²) in [6, 6.07) is 19.7. The van der Waals surface area contributed by atoms with E-state index in [4.69, 9.17) is 18.9 Å². The molecule has 1 atom stereocenters. The standard InChI is InChI=1S/C27H21IN2O5S/c1-3-34-26(32)22-23(16-8-5-4-6-9-16)29-27-30(24(22)17-10-7-11-18(14-17)33-2)25(31)20(36-27)15-19-12-13-21(28)35-19/h4-15,24H,3H2,1-2H3/b20-15+/t24-/m0/s1. The van der Waals surface area contributed by atoms with Gasteiger partial charge in [0.25, 0.3) is 5.56 Å². The summed E-state index contributed by atoms with van der Waals surface area (Å²) in [5.74, 6) is 0.652. The van der Waals surface area contributed by atoms with Gasteiger partial charge in [-0.05, 0) is 59.3 Å². The molecule has 0 amide bonds. The van der Waals surface area contributed by atoms with Gasteiger partial charge in [-0.25, -0.2) is 9.79 Å². The van der Waals surface area contributed by atoms with Crippen molar-refractivity contribution in [2.75, 3.05) is 13.7 Å². The molecule has 1 aliphatic rings. The summed E-state index contributed by atoms with van der Waals surface area (Å²) >= 11 is 3.33. The molecule has 7 nitrogen and oxygen atoms in total. The quantitative estimate of drug-likeness (QED) is 0.242. The summed E-state index contributed by atoms with van der Waals surface area (Å²) in [4.78, 5) is 32.5. The van der Waals surface area contributed by atoms with Gasteiger partial charge in [0.15, 0.2) is 8.57 Å². The van der Waals surface area contributed by atoms with Gasteiger partial charge in [-0.2, -0.15) is 0 Å². The molecular weight excluding hydrogens is 591 g/mol. The van der Waals surface area contributed by atoms with E-state index in [-0.39, 0.29) is 12.2 Å². The number of nitrogens with zero attached hydrogens (tertiary/aromatic N) is 2. The van der Waals surface area contributed by atoms with Crippen molar-refractivity contribution in [3.63, 3.8) is 0 Å². The first-order chi connectivity index (χ1) is 17.5. The van der Waals surface area contributed by atoms with Crippen molar-refractivity contribution in [1.29, 1.82) is 0 Å². The van der Waals surface area contributed by atoms with Crippen LogP contribution in [0.1, 0.15) is 29.9 Å². The van der Waals surface area contributed by atoms with E-state index in [0.717, 1.165) is 9.33 Å². The van der Waals surface area contributed by atoms with Crippen LogP contribution in [0.5, 0.6) is 5.75 Å². The number of furan rings is 1. The highest BCUT2D eigenvalue weighted by Gasteiger charge is 2.35. The van der Waals surface area contributed by atoms with E-state index < -0.39 is 12.0 Å². The Morgan fingerprint density at radius 1 is 1.17 bits per heavy atom. The normalized spacial score (nSPS) is 15.4. The monoisotopic (exact) mass is 612 g/mol. The molecule has 2 aromatic heterocycles. The Bertz CT molecular complexity index is 1650. The Kier molecular flexibility index (Phi) is 6.92. The summed E-state index contributed by atoms with van der Waals surface area (Å²) < 4.78 is 19.3. The zero-order chi connectivity index (χ0) is 25.2. The maximum Gasteiger partial charge on any atom is 0.338 e. The fourth-order valence-electron chi connectivity index (χ4n) is 4.10. The third-order valence-electron chi connectivity index (χ3n) is 5.65. The lowest BCUT2D eigenvalue weighted by molar-refractivity contribution is -0.138. The summed E-state index contributed by atoms with van der Waals surface area (Å²) in [7, 11) is 1.58. The average Bonchev–Trinajstić information content (AvgIpc) is 3.45. The molecule has 0 N–H and O–H groups in total. The van der Waals surface area contributed by atoms with Crippen LogP contribution in [0.15, 0.2) is 86.5 Å². The van der Waals surface area contributed by atoms with E-state index in [1.807, 2.05) is 60.7 Å². The molecule has 2 aromatic carbocycles. The third-order valence-corrected chi connectivity index (χ3v) is 7.21. The Morgan fingerprint density at radius 2 is 1.97 bits per heavy atom. The zero-order valence-corrected chi connectivity index (χ0v) is 22.4. The van der Waals surface area contributed by atoms with Crippen LogP contribution in [0, 0.1) is 3.77 Å². The number of hydrogen-bond acceptors (Lipinski definition) is 7. The minimum absolute atomic E-state index is 0.191. The lowest BCUT2D eigenvalue weighted by Gasteiger charge is -2.26. The first-order valence-electron chi connectivity index (χ1n) is 11.2. The van der Waals surface area contributed by atoms with E-state index in [9.17, 15) is 9.59 Å². The third kappa shape index (κ3) is 4.56. The van der Waals surface area contributed by atoms with Gasteiger partial charge in [-0.3, -0.25) is 9.36 Å². The van der Waals surface area contributed by atoms with Gasteiger partial charge in [-0.15, -0.1) is 0 Å². The topological polar surface area (TPSA) is 83.0 Å². The number of esters is 1. The number of hydrogen-bond donors (Lipinski definition) is 0. The van der Waals surface area contributed by atoms with Crippen LogP contribution in [0.3, 0.4) is 0 Å². The molecule has 0 saturated heterocycles. The number of halogens is 1. The smallest absolute Gasteiger partial charge is 0.338 e. The lowest BCUT2D eigenvalue weighted by atomic mass is 9.93. The highest BCUT2D eigenvalue weighted by Crippen LogP contribution is 2.36. The number of fused-ring (bicyclic) bond motifs is 1. The van der Waals surface area contributed by atoms with E-state index in [1.165, 1.54) is 11.3 Å². The van der Waals surface area contributed by atoms with E-state index in [0.29, 0.717) is 37.7 Å². The number of ether oxygens (including phenoxy) is 2. The predicted molar refractivity (Wildman–Crippen MR) is 145 cm³/mol. The van der Waals surface area contributed by atoms with Gasteiger partial charge in [0, 0.05) is 11.6 Å². The number of methoxy groups -OCH3 is 1. The predicted octanol–water partition coefficient (Wildman–Crippen LogP) is 4.14. The molecule has 0 unspecified atom stereocenters. The van der Waals surface area contributed by atoms with Gasteiger partial charge in [0.2, 0.25) is 0 Å². The van der Waals surface area contributed by atoms with Crippen molar-refractivity contribution in [2.24, 2.45) is 4.99 Å². The SMILES string of the molecule is CCOC(=O)C1=C(c2ccccc2)N=c2s/c(=C/c3ccc(I)o3)c(=O)n2[C@H]1c1cccc(OC)c1. The summed E-state index contributed by atoms with van der Waals surface area (Å²) in [6.45, 7) is 1.94. The molecule has 182 valence electrons. The van der Waals surface area contributed by atoms with Crippen molar-refractivity contribution < 1.29 is 18.7 Å². The average molecular weight is 612 g/mol. The summed E-state index contributed by atoms with van der Waals surface area (Å²) in [5, 5.41) is 0. The van der Waals surface area contributed by atoms with Crippen LogP contribution in [0.4, 0.5) is 0 Å². The number of carbonyl (C=O) groups excluding carboxylic acids is 1. The Hall–Kier alpha value is -3.44. The molecule has 5 rings (SSSR count). The van der Waals surface area contributed by atoms with Crippen LogP contribution in [0.2, 0.25) is 0 Å². The van der Waals surface area contributed by atoms with Crippen LogP contribution in [0.25, 0.3) is 11.8 Å². The molecule has 4 aromatic rings. The second kappa shape index (κ2) is 10.3. The number of carbonyl (C=O) groups is 1. The van der Waals surface area contributed by atoms with E-state index >= 15 is 0 Å². The van der Waals surface area contributed by atoms with Gasteiger partial charge < -0.3 is 13.9 Å². The second-order valence-electron chi connectivity index (χ2n) is 7.85. The number of rotatable bonds is 6. The van der Waals surface area contributed by atoms with Crippen LogP contribution >= 0.6 is 33.9 Å². The molecule has 3 heterocycles. The highest BCUT2D eigenvalue weighted by atomic mass is 127. The first kappa shape index (κ1) is 24.3. The Labute approximate surface area is 224 Å². The van der Waals surface area contributed by atoms with Crippen LogP contribution in [-0.4, -0.2) is 24.3 Å². The molecule has 0 radical (unpaired) electrons. The van der Waals surface area contributed by atoms with Gasteiger partial charge >= 0.3 is 5.97 Å². The number of thiazole rings is 1. The van der Waals surface area contributed by atoms with Crippen molar-refractivity contribution in [3.8, 4) is 5.75 Å². The molecule has 0 fully saturated rings. The molecule has 0 bridgehead atoms. The fourth-order valence-corrected chi connectivity index (χ4v) is 5.52. The summed E-state index contributed by atoms with van der Waals surface area (Å²) in [6.07, 6.45) is 1.70. The molecule has 0 aliphatic carbocycles. The lowest BCUT2D eigenvalue weighted by Crippen LogP contribution is -2.40. The van der Waals surface area contributed by atoms with Gasteiger partial charge in [0.1, 0.15) is 11.5 Å². The van der Waals surface area contributed by atoms with E-state index in [2.05, 4.69) is 22.6 Å². The molecule has 0 saturated carbocycles. The van der Waals surface area contributed by atoms with Crippen molar-refractivity contribution in [2.45, 2.75) is 13.0 Å². The van der Waals surface area contributed by atoms with Crippen LogP contribution < -0.4 is 19.6 Å². The largest absolute Gasteiger partial charge is 0.497 e. The molecular formula is C27H21IN2O5S. The highest BCUT2D eigenvalue weighted by molar-refractivity contribution is 14.1. The number of benzene rings is 2. The first-order valence-corrected chi connectivity index (χ1v) is 13.1. The van der Waals surface area contributed by atoms with Crippen LogP contribution in [-0.2, 0) is 9.53 Å². The van der Waals surface area contributed by atoms with Crippen molar-refractivity contribution in [3.05, 3.63) is 113 Å². The second-order valence-corrected chi connectivity index (χ2v) is 9.92. The minimum Gasteiger partial charge on any atom is -0.497 e. The fraction of sp³-hybridized carbons (Fsp3) is 0.148. The minimum atomic E-state index is -0.760. The molecule has 1 aliphatic heterocycles. The molecule has 9 heteroatoms. The molecule has 36 heavy (non-hydrogen) atoms. The number of aromatic nitrogens is 1. The summed E-state index contributed by atoms with van der Waals surface area (Å²) in [5.41, 5.74) is 1.96. The van der Waals surface area contributed by atoms with Crippen molar-refractivity contribution >= 4 is 51.7 Å². The Morgan fingerprint density at radius 3 is 2.67 bits per heavy atom. The zero-order valence-electron chi connectivity index (χ0n) is 19.4. The Balaban J connectivity index is 1.84. The molecule has 0 spiro atoms. The van der Waals surface area contributed by atoms with Gasteiger partial charge in [-0.1, -0.05) is 53.8 Å². The van der Waals surface area contributed by atoms with Crippen molar-refractivity contribution in [1.82, 2.24) is 4.57 Å². The maximum absolute atomic E-state index is 13.8. The van der Waals surface area contributed by atoms with E-state index in [1.54, 1.807) is 30.7 Å². The maximum atomic E-state index is 13.8. The van der Waals surface area contributed by atoms with Gasteiger partial charge in [0.05, 0.1) is 35.6 Å².